The summed E-state index contributed by atoms with van der Waals surface area (Å²) in [5.74, 6) is 0.535. The number of pyridine rings is 2. The maximum atomic E-state index is 12.9. The van der Waals surface area contributed by atoms with Crippen molar-refractivity contribution in [1.82, 2.24) is 19.9 Å². The first-order valence-electron chi connectivity index (χ1n) is 12.6. The van der Waals surface area contributed by atoms with Crippen LogP contribution in [-0.4, -0.2) is 49.9 Å². The molecule has 1 amide bonds. The van der Waals surface area contributed by atoms with E-state index in [4.69, 9.17) is 0 Å². The van der Waals surface area contributed by atoms with Gasteiger partial charge in [-0.25, -0.2) is 4.98 Å². The second kappa shape index (κ2) is 10.8. The Balaban J connectivity index is 1.25. The molecule has 0 saturated carbocycles. The first-order chi connectivity index (χ1) is 17.5. The van der Waals surface area contributed by atoms with E-state index in [1.54, 1.807) is 6.20 Å². The van der Waals surface area contributed by atoms with Crippen molar-refractivity contribution in [2.45, 2.75) is 50.4 Å². The first kappa shape index (κ1) is 24.5. The summed E-state index contributed by atoms with van der Waals surface area (Å²) in [6.07, 6.45) is 8.36. The highest BCUT2D eigenvalue weighted by atomic mass is 32.2. The van der Waals surface area contributed by atoms with E-state index in [-0.39, 0.29) is 11.8 Å². The lowest BCUT2D eigenvalue weighted by molar-refractivity contribution is 0.102. The van der Waals surface area contributed by atoms with E-state index >= 15 is 0 Å². The number of carbonyl (C=O) groups is 1. The number of anilines is 1. The van der Waals surface area contributed by atoms with Crippen molar-refractivity contribution in [2.24, 2.45) is 0 Å². The van der Waals surface area contributed by atoms with Crippen LogP contribution in [0.5, 0.6) is 0 Å². The molecule has 3 aromatic heterocycles. The van der Waals surface area contributed by atoms with E-state index in [1.807, 2.05) is 66.5 Å². The van der Waals surface area contributed by atoms with Crippen molar-refractivity contribution in [3.05, 3.63) is 89.5 Å². The summed E-state index contributed by atoms with van der Waals surface area (Å²) < 4.78 is 0. The van der Waals surface area contributed by atoms with Crippen LogP contribution in [0.25, 0.3) is 10.9 Å². The highest BCUT2D eigenvalue weighted by molar-refractivity contribution is 7.99. The van der Waals surface area contributed by atoms with Crippen LogP contribution in [0.4, 0.5) is 5.82 Å². The zero-order valence-corrected chi connectivity index (χ0v) is 21.9. The van der Waals surface area contributed by atoms with Gasteiger partial charge in [0.15, 0.2) is 0 Å². The molecule has 1 aliphatic heterocycles. The predicted molar refractivity (Wildman–Crippen MR) is 149 cm³/mol. The molecule has 0 bridgehead atoms. The molecule has 4 heterocycles. The summed E-state index contributed by atoms with van der Waals surface area (Å²) >= 11 is 1.94. The molecule has 0 aliphatic carbocycles. The van der Waals surface area contributed by atoms with Crippen LogP contribution in [0.1, 0.15) is 59.9 Å². The molecule has 1 saturated heterocycles. The zero-order valence-electron chi connectivity index (χ0n) is 21.1. The van der Waals surface area contributed by atoms with Crippen molar-refractivity contribution in [1.29, 1.82) is 0 Å². The number of H-pyrrole nitrogens is 1. The fraction of sp³-hybridized carbons (Fsp3) is 0.345. The van der Waals surface area contributed by atoms with E-state index in [0.29, 0.717) is 22.7 Å². The van der Waals surface area contributed by atoms with Gasteiger partial charge in [-0.2, -0.15) is 11.8 Å². The van der Waals surface area contributed by atoms with Gasteiger partial charge < -0.3 is 10.3 Å². The minimum atomic E-state index is -0.170. The van der Waals surface area contributed by atoms with Crippen molar-refractivity contribution in [3.63, 3.8) is 0 Å². The Morgan fingerprint density at radius 2 is 2.00 bits per heavy atom. The molecule has 3 atom stereocenters. The molecule has 186 valence electrons. The van der Waals surface area contributed by atoms with E-state index in [2.05, 4.69) is 51.3 Å². The molecular weight excluding hydrogens is 466 g/mol. The largest absolute Gasteiger partial charge is 0.357 e. The lowest BCUT2D eigenvalue weighted by atomic mass is 9.96. The van der Waals surface area contributed by atoms with Crippen LogP contribution in [-0.2, 0) is 6.54 Å². The van der Waals surface area contributed by atoms with Gasteiger partial charge in [0.25, 0.3) is 5.91 Å². The van der Waals surface area contributed by atoms with Gasteiger partial charge in [0.2, 0.25) is 0 Å². The van der Waals surface area contributed by atoms with E-state index in [9.17, 15) is 4.79 Å². The number of carbonyl (C=O) groups excluding carboxylic acids is 1. The summed E-state index contributed by atoms with van der Waals surface area (Å²) in [6, 6.07) is 18.3. The molecule has 1 aromatic carbocycles. The molecular formula is C29H33N5OS. The number of nitrogens with one attached hydrogen (secondary N) is 2. The number of amides is 1. The molecule has 4 aromatic rings. The van der Waals surface area contributed by atoms with Gasteiger partial charge in [0, 0.05) is 64.6 Å². The van der Waals surface area contributed by atoms with E-state index in [0.717, 1.165) is 35.2 Å². The van der Waals surface area contributed by atoms with Gasteiger partial charge >= 0.3 is 0 Å². The molecule has 6 nitrogen and oxygen atoms in total. The van der Waals surface area contributed by atoms with Gasteiger partial charge in [-0.05, 0) is 61.5 Å². The summed E-state index contributed by atoms with van der Waals surface area (Å²) in [4.78, 5) is 27.9. The summed E-state index contributed by atoms with van der Waals surface area (Å²) in [6.45, 7) is 6.50. The third kappa shape index (κ3) is 5.32. The monoisotopic (exact) mass is 499 g/mol. The van der Waals surface area contributed by atoms with Crippen molar-refractivity contribution in [2.75, 3.05) is 18.1 Å². The topological polar surface area (TPSA) is 73.9 Å². The number of benzene rings is 1. The van der Waals surface area contributed by atoms with Gasteiger partial charge in [-0.1, -0.05) is 32.0 Å². The third-order valence-corrected chi connectivity index (χ3v) is 8.36. The fourth-order valence-corrected chi connectivity index (χ4v) is 5.73. The molecule has 0 radical (unpaired) electrons. The Bertz CT molecular complexity index is 1320. The second-order valence-electron chi connectivity index (χ2n) is 9.62. The number of thioether (sulfide) groups is 1. The number of nitrogens with zero attached hydrogens (tertiary/aromatic N) is 3. The van der Waals surface area contributed by atoms with Crippen LogP contribution >= 0.6 is 11.8 Å². The fourth-order valence-electron chi connectivity index (χ4n) is 5.11. The number of aromatic amines is 1. The van der Waals surface area contributed by atoms with Gasteiger partial charge in [0.1, 0.15) is 5.82 Å². The zero-order chi connectivity index (χ0) is 25.1. The molecule has 5 rings (SSSR count). The third-order valence-electron chi connectivity index (χ3n) is 7.31. The maximum absolute atomic E-state index is 12.9. The lowest BCUT2D eigenvalue weighted by Gasteiger charge is -2.28. The highest BCUT2D eigenvalue weighted by Gasteiger charge is 2.29. The Morgan fingerprint density at radius 1 is 1.17 bits per heavy atom. The average Bonchev–Trinajstić information content (AvgIpc) is 3.54. The molecule has 0 spiro atoms. The van der Waals surface area contributed by atoms with Crippen LogP contribution < -0.4 is 5.32 Å². The molecule has 2 unspecified atom stereocenters. The molecule has 1 aliphatic rings. The normalized spacial score (nSPS) is 17.8. The van der Waals surface area contributed by atoms with Crippen LogP contribution in [0.2, 0.25) is 0 Å². The number of aromatic nitrogens is 3. The number of likely N-dealkylation sites (tertiary alicyclic amines) is 1. The van der Waals surface area contributed by atoms with Gasteiger partial charge in [-0.3, -0.25) is 14.7 Å². The molecule has 36 heavy (non-hydrogen) atoms. The standard InChI is InChI=1S/C29H33N5OS/c1-19(25-7-4-5-13-30-25)21-9-11-22(12-10-21)29(35)33-28-16-26-23(17-31-28)15-24(32-26)18-34-14-6-8-27(34)20(2)36-3/h4-5,7,9-13,15-17,19-20,27,32H,6,8,14,18H2,1-3H3,(H,31,33,35)/t19?,20-,27?/m1/s1. The minimum absolute atomic E-state index is 0.161. The van der Waals surface area contributed by atoms with Crippen LogP contribution in [0, 0.1) is 0 Å². The molecule has 7 heteroatoms. The summed E-state index contributed by atoms with van der Waals surface area (Å²) in [5, 5.41) is 4.64. The lowest BCUT2D eigenvalue weighted by Crippen LogP contribution is -2.35. The smallest absolute Gasteiger partial charge is 0.256 e. The summed E-state index contributed by atoms with van der Waals surface area (Å²) in [7, 11) is 0. The predicted octanol–water partition coefficient (Wildman–Crippen LogP) is 6.08. The SMILES string of the molecule is CS[C@H](C)C1CCCN1Cc1cc2cnc(NC(=O)c3ccc(C(C)c4ccccn4)cc3)cc2[nH]1. The number of hydrogen-bond acceptors (Lipinski definition) is 5. The Kier molecular flexibility index (Phi) is 7.39. The highest BCUT2D eigenvalue weighted by Crippen LogP contribution is 2.28. The Labute approximate surface area is 216 Å². The van der Waals surface area contributed by atoms with Crippen molar-refractivity contribution < 1.29 is 4.79 Å². The van der Waals surface area contributed by atoms with Gasteiger partial charge in [-0.15, -0.1) is 0 Å². The summed E-state index contributed by atoms with van der Waals surface area (Å²) in [5.41, 5.74) is 4.91. The second-order valence-corrected chi connectivity index (χ2v) is 10.8. The maximum Gasteiger partial charge on any atom is 0.256 e. The molecule has 2 N–H and O–H groups in total. The number of fused-ring (bicyclic) bond motifs is 1. The average molecular weight is 500 g/mol. The van der Waals surface area contributed by atoms with Crippen molar-refractivity contribution >= 4 is 34.4 Å². The number of rotatable bonds is 8. The molecule has 1 fully saturated rings. The van der Waals surface area contributed by atoms with E-state index in [1.165, 1.54) is 18.5 Å². The minimum Gasteiger partial charge on any atom is -0.357 e. The van der Waals surface area contributed by atoms with Gasteiger partial charge in [0.05, 0.1) is 5.52 Å². The number of hydrogen-bond donors (Lipinski definition) is 2. The first-order valence-corrected chi connectivity index (χ1v) is 13.9. The van der Waals surface area contributed by atoms with Crippen molar-refractivity contribution in [3.8, 4) is 0 Å². The van der Waals surface area contributed by atoms with Crippen LogP contribution in [0.15, 0.2) is 67.0 Å². The quantitative estimate of drug-likeness (QED) is 0.307. The van der Waals surface area contributed by atoms with Crippen LogP contribution in [0.3, 0.4) is 0 Å². The van der Waals surface area contributed by atoms with E-state index < -0.39 is 0 Å². The Hall–Kier alpha value is -3.16. The Morgan fingerprint density at radius 3 is 2.75 bits per heavy atom.